The van der Waals surface area contributed by atoms with Gasteiger partial charge in [-0.25, -0.2) is 0 Å². The molecule has 4 rings (SSSR count). The number of nitrogens with zero attached hydrogens (tertiary/aromatic N) is 1. The number of amides is 1. The highest BCUT2D eigenvalue weighted by Crippen LogP contribution is 2.30. The zero-order valence-corrected chi connectivity index (χ0v) is 14.2. The van der Waals surface area contributed by atoms with E-state index in [4.69, 9.17) is 0 Å². The van der Waals surface area contributed by atoms with Crippen LogP contribution in [0.2, 0.25) is 0 Å². The third-order valence-corrected chi connectivity index (χ3v) is 5.04. The molecule has 1 aliphatic rings. The molecule has 126 valence electrons. The third-order valence-electron chi connectivity index (χ3n) is 5.04. The SMILES string of the molecule is Cc1nccc2c(NC(=O)[C@H]3CNCC3c3ccccc3)cccc12. The van der Waals surface area contributed by atoms with Gasteiger partial charge in [0.2, 0.25) is 5.91 Å². The summed E-state index contributed by atoms with van der Waals surface area (Å²) in [6.07, 6.45) is 1.79. The van der Waals surface area contributed by atoms with Crippen LogP contribution in [0.4, 0.5) is 5.69 Å². The smallest absolute Gasteiger partial charge is 0.229 e. The Labute approximate surface area is 147 Å². The van der Waals surface area contributed by atoms with Gasteiger partial charge in [0.1, 0.15) is 0 Å². The van der Waals surface area contributed by atoms with Gasteiger partial charge >= 0.3 is 0 Å². The van der Waals surface area contributed by atoms with Crippen LogP contribution in [-0.4, -0.2) is 24.0 Å². The first kappa shape index (κ1) is 15.8. The molecule has 4 nitrogen and oxygen atoms in total. The summed E-state index contributed by atoms with van der Waals surface area (Å²) in [7, 11) is 0. The quantitative estimate of drug-likeness (QED) is 0.772. The number of carbonyl (C=O) groups is 1. The number of anilines is 1. The van der Waals surface area contributed by atoms with Crippen molar-refractivity contribution < 1.29 is 4.79 Å². The molecule has 0 radical (unpaired) electrons. The Hall–Kier alpha value is -2.72. The molecule has 1 saturated heterocycles. The minimum absolute atomic E-state index is 0.0689. The summed E-state index contributed by atoms with van der Waals surface area (Å²) in [6, 6.07) is 18.2. The summed E-state index contributed by atoms with van der Waals surface area (Å²) >= 11 is 0. The van der Waals surface area contributed by atoms with Crippen molar-refractivity contribution in [3.8, 4) is 0 Å². The fourth-order valence-corrected chi connectivity index (χ4v) is 3.69. The van der Waals surface area contributed by atoms with Gasteiger partial charge in [0, 0.05) is 47.4 Å². The predicted octanol–water partition coefficient (Wildman–Crippen LogP) is 3.48. The van der Waals surface area contributed by atoms with Crippen molar-refractivity contribution >= 4 is 22.4 Å². The molecule has 4 heteroatoms. The molecule has 1 fully saturated rings. The van der Waals surface area contributed by atoms with Gasteiger partial charge in [-0.2, -0.15) is 0 Å². The first-order chi connectivity index (χ1) is 12.2. The summed E-state index contributed by atoms with van der Waals surface area (Å²) in [4.78, 5) is 17.3. The lowest BCUT2D eigenvalue weighted by atomic mass is 9.88. The Morgan fingerprint density at radius 2 is 1.88 bits per heavy atom. The van der Waals surface area contributed by atoms with Crippen molar-refractivity contribution in [1.29, 1.82) is 0 Å². The van der Waals surface area contributed by atoms with Crippen LogP contribution in [0.5, 0.6) is 0 Å². The van der Waals surface area contributed by atoms with Gasteiger partial charge in [-0.1, -0.05) is 42.5 Å². The molecule has 0 bridgehead atoms. The Balaban J connectivity index is 1.61. The standard InChI is InChI=1S/C21H21N3O/c1-14-16-8-5-9-20(17(16)10-11-23-14)24-21(25)19-13-22-12-18(19)15-6-3-2-4-7-15/h2-11,18-19,22H,12-13H2,1H3,(H,24,25)/t18?,19-/m0/s1. The van der Waals surface area contributed by atoms with E-state index in [1.807, 2.05) is 49.4 Å². The second kappa shape index (κ2) is 6.65. The van der Waals surface area contributed by atoms with Crippen molar-refractivity contribution in [1.82, 2.24) is 10.3 Å². The summed E-state index contributed by atoms with van der Waals surface area (Å²) in [5, 5.41) is 8.62. The molecule has 2 aromatic carbocycles. The first-order valence-electron chi connectivity index (χ1n) is 8.65. The van der Waals surface area contributed by atoms with Gasteiger partial charge in [0.25, 0.3) is 0 Å². The minimum atomic E-state index is -0.0689. The second-order valence-electron chi connectivity index (χ2n) is 6.57. The number of hydrogen-bond donors (Lipinski definition) is 2. The highest BCUT2D eigenvalue weighted by molar-refractivity contribution is 6.03. The van der Waals surface area contributed by atoms with E-state index in [-0.39, 0.29) is 17.7 Å². The summed E-state index contributed by atoms with van der Waals surface area (Å²) in [5.41, 5.74) is 3.04. The summed E-state index contributed by atoms with van der Waals surface area (Å²) < 4.78 is 0. The van der Waals surface area contributed by atoms with E-state index < -0.39 is 0 Å². The lowest BCUT2D eigenvalue weighted by Crippen LogP contribution is -2.28. The van der Waals surface area contributed by atoms with E-state index in [0.29, 0.717) is 6.54 Å². The van der Waals surface area contributed by atoms with Crippen LogP contribution in [-0.2, 0) is 4.79 Å². The highest BCUT2D eigenvalue weighted by atomic mass is 16.1. The van der Waals surface area contributed by atoms with Crippen LogP contribution in [0, 0.1) is 12.8 Å². The molecule has 1 aliphatic heterocycles. The molecule has 1 amide bonds. The molecule has 1 unspecified atom stereocenters. The zero-order chi connectivity index (χ0) is 17.2. The molecule has 3 aromatic rings. The fraction of sp³-hybridized carbons (Fsp3) is 0.238. The van der Waals surface area contributed by atoms with E-state index >= 15 is 0 Å². The van der Waals surface area contributed by atoms with Crippen LogP contribution in [0.3, 0.4) is 0 Å². The average Bonchev–Trinajstić information content (AvgIpc) is 3.13. The van der Waals surface area contributed by atoms with Crippen molar-refractivity contribution in [3.05, 3.63) is 72.1 Å². The van der Waals surface area contributed by atoms with Crippen molar-refractivity contribution in [3.63, 3.8) is 0 Å². The molecular weight excluding hydrogens is 310 g/mol. The van der Waals surface area contributed by atoms with Crippen LogP contribution >= 0.6 is 0 Å². The van der Waals surface area contributed by atoms with Gasteiger partial charge in [0.15, 0.2) is 0 Å². The van der Waals surface area contributed by atoms with Crippen molar-refractivity contribution in [2.24, 2.45) is 5.92 Å². The third kappa shape index (κ3) is 3.01. The number of rotatable bonds is 3. The maximum Gasteiger partial charge on any atom is 0.229 e. The highest BCUT2D eigenvalue weighted by Gasteiger charge is 2.34. The number of pyridine rings is 1. The number of fused-ring (bicyclic) bond motifs is 1. The van der Waals surface area contributed by atoms with E-state index in [1.54, 1.807) is 6.20 Å². The summed E-state index contributed by atoms with van der Waals surface area (Å²) in [5.74, 6) is 0.209. The minimum Gasteiger partial charge on any atom is -0.325 e. The molecule has 1 aromatic heterocycles. The van der Waals surface area contributed by atoms with E-state index in [1.165, 1.54) is 5.56 Å². The van der Waals surface area contributed by atoms with Gasteiger partial charge in [-0.05, 0) is 24.6 Å². The van der Waals surface area contributed by atoms with Crippen LogP contribution < -0.4 is 10.6 Å². The maximum absolute atomic E-state index is 13.0. The summed E-state index contributed by atoms with van der Waals surface area (Å²) in [6.45, 7) is 3.53. The molecule has 0 saturated carbocycles. The van der Waals surface area contributed by atoms with Gasteiger partial charge in [-0.3, -0.25) is 9.78 Å². The number of benzene rings is 2. The Morgan fingerprint density at radius 1 is 1.04 bits per heavy atom. The van der Waals surface area contributed by atoms with Crippen LogP contribution in [0.25, 0.3) is 10.8 Å². The molecule has 25 heavy (non-hydrogen) atoms. The van der Waals surface area contributed by atoms with Crippen molar-refractivity contribution in [2.75, 3.05) is 18.4 Å². The van der Waals surface area contributed by atoms with E-state index in [2.05, 4.69) is 27.8 Å². The molecular formula is C21H21N3O. The first-order valence-corrected chi connectivity index (χ1v) is 8.65. The largest absolute Gasteiger partial charge is 0.325 e. The van der Waals surface area contributed by atoms with E-state index in [9.17, 15) is 4.79 Å². The van der Waals surface area contributed by atoms with Gasteiger partial charge in [0.05, 0.1) is 5.92 Å². The van der Waals surface area contributed by atoms with Crippen LogP contribution in [0.15, 0.2) is 60.8 Å². The normalized spacial score (nSPS) is 19.9. The average molecular weight is 331 g/mol. The zero-order valence-electron chi connectivity index (χ0n) is 14.2. The number of aromatic nitrogens is 1. The van der Waals surface area contributed by atoms with Crippen molar-refractivity contribution in [2.45, 2.75) is 12.8 Å². The maximum atomic E-state index is 13.0. The molecule has 2 atom stereocenters. The Kier molecular flexibility index (Phi) is 4.20. The molecule has 2 N–H and O–H groups in total. The number of carbonyl (C=O) groups excluding carboxylic acids is 1. The van der Waals surface area contributed by atoms with E-state index in [0.717, 1.165) is 28.7 Å². The lowest BCUT2D eigenvalue weighted by Gasteiger charge is -2.19. The number of nitrogens with one attached hydrogen (secondary N) is 2. The Bertz CT molecular complexity index is 907. The van der Waals surface area contributed by atoms with Gasteiger partial charge in [-0.15, -0.1) is 0 Å². The molecule has 0 spiro atoms. The Morgan fingerprint density at radius 3 is 2.72 bits per heavy atom. The van der Waals surface area contributed by atoms with Crippen LogP contribution in [0.1, 0.15) is 17.2 Å². The lowest BCUT2D eigenvalue weighted by molar-refractivity contribution is -0.119. The number of hydrogen-bond acceptors (Lipinski definition) is 3. The topological polar surface area (TPSA) is 54.0 Å². The molecule has 2 heterocycles. The van der Waals surface area contributed by atoms with Gasteiger partial charge < -0.3 is 10.6 Å². The predicted molar refractivity (Wildman–Crippen MR) is 101 cm³/mol. The molecule has 0 aliphatic carbocycles. The fourth-order valence-electron chi connectivity index (χ4n) is 3.69. The second-order valence-corrected chi connectivity index (χ2v) is 6.57. The number of aryl methyl sites for hydroxylation is 1. The monoisotopic (exact) mass is 331 g/mol.